The Morgan fingerprint density at radius 1 is 0.816 bits per heavy atom. The number of esters is 2. The minimum absolute atomic E-state index is 0.0347. The van der Waals surface area contributed by atoms with E-state index in [2.05, 4.69) is 5.32 Å². The van der Waals surface area contributed by atoms with Gasteiger partial charge in [0, 0.05) is 34.7 Å². The maximum absolute atomic E-state index is 12.4. The first kappa shape index (κ1) is 28.3. The number of anilines is 1. The molecule has 0 heterocycles. The van der Waals surface area contributed by atoms with Crippen molar-refractivity contribution in [1.82, 2.24) is 0 Å². The predicted octanol–water partition coefficient (Wildman–Crippen LogP) is 5.30. The summed E-state index contributed by atoms with van der Waals surface area (Å²) in [6.45, 7) is 1.10. The summed E-state index contributed by atoms with van der Waals surface area (Å²) in [4.78, 5) is 60.9. The lowest BCUT2D eigenvalue weighted by molar-refractivity contribution is -0.146. The molecule has 38 heavy (non-hydrogen) atoms. The molecule has 0 saturated carbocycles. The molecule has 0 saturated heterocycles. The van der Waals surface area contributed by atoms with Crippen LogP contribution in [0, 0.1) is 0 Å². The van der Waals surface area contributed by atoms with Gasteiger partial charge in [-0.15, -0.1) is 0 Å². The Hall–Kier alpha value is -4.30. The molecule has 1 unspecified atom stereocenters. The summed E-state index contributed by atoms with van der Waals surface area (Å²) in [5.41, 5.74) is 1.48. The summed E-state index contributed by atoms with van der Waals surface area (Å²) >= 11 is 5.89. The van der Waals surface area contributed by atoms with Crippen LogP contribution in [0.15, 0.2) is 78.9 Å². The molecule has 0 aromatic heterocycles. The van der Waals surface area contributed by atoms with Crippen molar-refractivity contribution in [2.75, 3.05) is 11.9 Å². The van der Waals surface area contributed by atoms with Crippen LogP contribution in [0.1, 0.15) is 57.3 Å². The van der Waals surface area contributed by atoms with Gasteiger partial charge in [0.15, 0.2) is 18.5 Å². The fraction of sp³-hybridized carbons (Fsp3) is 0.207. The molecule has 1 N–H and O–H groups in total. The van der Waals surface area contributed by atoms with Gasteiger partial charge in [-0.3, -0.25) is 19.2 Å². The van der Waals surface area contributed by atoms with E-state index < -0.39 is 18.0 Å². The first-order valence-electron chi connectivity index (χ1n) is 11.9. The molecule has 3 aromatic rings. The smallest absolute Gasteiger partial charge is 0.338 e. The van der Waals surface area contributed by atoms with Gasteiger partial charge in [-0.25, -0.2) is 4.79 Å². The number of nitrogens with one attached hydrogen (secondary N) is 1. The number of halogens is 1. The van der Waals surface area contributed by atoms with E-state index in [4.69, 9.17) is 21.1 Å². The van der Waals surface area contributed by atoms with E-state index in [0.29, 0.717) is 21.8 Å². The van der Waals surface area contributed by atoms with E-state index in [1.165, 1.54) is 37.3 Å². The number of rotatable bonds is 12. The Labute approximate surface area is 224 Å². The van der Waals surface area contributed by atoms with E-state index in [1.807, 2.05) is 0 Å². The van der Waals surface area contributed by atoms with Crippen molar-refractivity contribution in [2.24, 2.45) is 0 Å². The number of carbonyl (C=O) groups is 5. The highest BCUT2D eigenvalue weighted by Crippen LogP contribution is 2.15. The van der Waals surface area contributed by atoms with Crippen LogP contribution in [0.3, 0.4) is 0 Å². The molecule has 8 nitrogen and oxygen atoms in total. The van der Waals surface area contributed by atoms with Gasteiger partial charge in [-0.05, 0) is 49.7 Å². The molecule has 9 heteroatoms. The number of carbonyl (C=O) groups excluding carboxylic acids is 5. The summed E-state index contributed by atoms with van der Waals surface area (Å²) in [7, 11) is 0. The maximum atomic E-state index is 12.4. The number of ketones is 2. The zero-order chi connectivity index (χ0) is 27.5. The Morgan fingerprint density at radius 3 is 2.18 bits per heavy atom. The normalized spacial score (nSPS) is 11.2. The molecule has 3 aromatic carbocycles. The lowest BCUT2D eigenvalue weighted by Crippen LogP contribution is -2.24. The number of benzene rings is 3. The molecular weight excluding hydrogens is 510 g/mol. The van der Waals surface area contributed by atoms with Crippen LogP contribution in [0.2, 0.25) is 5.02 Å². The fourth-order valence-corrected chi connectivity index (χ4v) is 3.60. The van der Waals surface area contributed by atoms with E-state index in [-0.39, 0.29) is 48.9 Å². The average Bonchev–Trinajstić information content (AvgIpc) is 2.92. The van der Waals surface area contributed by atoms with E-state index in [9.17, 15) is 24.0 Å². The summed E-state index contributed by atoms with van der Waals surface area (Å²) in [5, 5.41) is 3.08. The Balaban J connectivity index is 1.37. The molecule has 0 bridgehead atoms. The number of amides is 1. The fourth-order valence-electron chi connectivity index (χ4n) is 3.41. The second-order valence-corrected chi connectivity index (χ2v) is 8.79. The second-order valence-electron chi connectivity index (χ2n) is 8.35. The predicted molar refractivity (Wildman–Crippen MR) is 141 cm³/mol. The Bertz CT molecular complexity index is 1310. The minimum atomic E-state index is -0.976. The first-order chi connectivity index (χ1) is 18.2. The molecule has 0 aliphatic carbocycles. The minimum Gasteiger partial charge on any atom is -0.454 e. The maximum Gasteiger partial charge on any atom is 0.338 e. The zero-order valence-electron chi connectivity index (χ0n) is 20.6. The van der Waals surface area contributed by atoms with Crippen molar-refractivity contribution in [2.45, 2.75) is 32.3 Å². The van der Waals surface area contributed by atoms with Gasteiger partial charge >= 0.3 is 11.9 Å². The van der Waals surface area contributed by atoms with Crippen LogP contribution >= 0.6 is 11.6 Å². The van der Waals surface area contributed by atoms with Crippen molar-refractivity contribution >= 4 is 46.7 Å². The Kier molecular flexibility index (Phi) is 10.3. The molecule has 1 amide bonds. The lowest BCUT2D eigenvalue weighted by Gasteiger charge is -2.12. The van der Waals surface area contributed by atoms with E-state index in [1.54, 1.807) is 48.5 Å². The van der Waals surface area contributed by atoms with Crippen LogP contribution in [-0.2, 0) is 19.1 Å². The molecule has 0 spiro atoms. The molecule has 0 fully saturated rings. The third-order valence-electron chi connectivity index (χ3n) is 5.41. The molecule has 196 valence electrons. The van der Waals surface area contributed by atoms with Crippen LogP contribution in [0.25, 0.3) is 0 Å². The average molecular weight is 536 g/mol. The number of hydrogen-bond acceptors (Lipinski definition) is 7. The van der Waals surface area contributed by atoms with Gasteiger partial charge in [0.25, 0.3) is 0 Å². The molecule has 1 atom stereocenters. The highest BCUT2D eigenvalue weighted by molar-refractivity contribution is 6.31. The summed E-state index contributed by atoms with van der Waals surface area (Å²) in [6.07, 6.45) is -0.733. The third kappa shape index (κ3) is 8.67. The summed E-state index contributed by atoms with van der Waals surface area (Å²) < 4.78 is 10.2. The van der Waals surface area contributed by atoms with Gasteiger partial charge in [-0.1, -0.05) is 54.1 Å². The van der Waals surface area contributed by atoms with Crippen molar-refractivity contribution in [3.63, 3.8) is 0 Å². The van der Waals surface area contributed by atoms with Gasteiger partial charge < -0.3 is 14.8 Å². The van der Waals surface area contributed by atoms with Crippen molar-refractivity contribution in [3.8, 4) is 0 Å². The number of Topliss-reactive ketones (excluding diaryl/α,β-unsaturated/α-hetero) is 2. The van der Waals surface area contributed by atoms with Crippen molar-refractivity contribution in [1.29, 1.82) is 0 Å². The number of hydrogen-bond donors (Lipinski definition) is 1. The van der Waals surface area contributed by atoms with Crippen LogP contribution in [-0.4, -0.2) is 42.1 Å². The lowest BCUT2D eigenvalue weighted by atomic mass is 10.1. The third-order valence-corrected chi connectivity index (χ3v) is 5.64. The van der Waals surface area contributed by atoms with Crippen molar-refractivity contribution in [3.05, 3.63) is 101 Å². The standard InChI is InChI=1S/C29H26ClNO7/c1-19(28(35)22-9-5-10-23(30)17-22)38-27(34)12-6-11-26(33)31-24-15-13-21(14-16-24)29(36)37-18-25(32)20-7-3-2-4-8-20/h2-5,7-10,13-17,19H,6,11-12,18H2,1H3,(H,31,33). The van der Waals surface area contributed by atoms with Gasteiger partial charge in [0.1, 0.15) is 0 Å². The largest absolute Gasteiger partial charge is 0.454 e. The van der Waals surface area contributed by atoms with Crippen LogP contribution in [0.5, 0.6) is 0 Å². The first-order valence-corrected chi connectivity index (χ1v) is 12.3. The Morgan fingerprint density at radius 2 is 1.50 bits per heavy atom. The molecule has 0 aliphatic rings. The highest BCUT2D eigenvalue weighted by atomic mass is 35.5. The monoisotopic (exact) mass is 535 g/mol. The molecular formula is C29H26ClNO7. The quantitative estimate of drug-likeness (QED) is 0.247. The van der Waals surface area contributed by atoms with Gasteiger partial charge in [0.2, 0.25) is 11.7 Å². The SMILES string of the molecule is CC(OC(=O)CCCC(=O)Nc1ccc(C(=O)OCC(=O)c2ccccc2)cc1)C(=O)c1cccc(Cl)c1. The summed E-state index contributed by atoms with van der Waals surface area (Å²) in [6, 6.07) is 20.9. The van der Waals surface area contributed by atoms with Crippen LogP contribution < -0.4 is 5.32 Å². The van der Waals surface area contributed by atoms with Crippen LogP contribution in [0.4, 0.5) is 5.69 Å². The number of ether oxygens (including phenoxy) is 2. The van der Waals surface area contributed by atoms with Gasteiger partial charge in [0.05, 0.1) is 5.56 Å². The topological polar surface area (TPSA) is 116 Å². The van der Waals surface area contributed by atoms with Gasteiger partial charge in [-0.2, -0.15) is 0 Å². The molecule has 3 rings (SSSR count). The van der Waals surface area contributed by atoms with E-state index >= 15 is 0 Å². The van der Waals surface area contributed by atoms with E-state index in [0.717, 1.165) is 0 Å². The second kappa shape index (κ2) is 13.9. The van der Waals surface area contributed by atoms with Crippen molar-refractivity contribution < 1.29 is 33.4 Å². The summed E-state index contributed by atoms with van der Waals surface area (Å²) in [5.74, 6) is -2.25. The zero-order valence-corrected chi connectivity index (χ0v) is 21.4. The molecule has 0 radical (unpaired) electrons. The molecule has 0 aliphatic heterocycles. The highest BCUT2D eigenvalue weighted by Gasteiger charge is 2.20.